The van der Waals surface area contributed by atoms with E-state index in [4.69, 9.17) is 10.8 Å². The van der Waals surface area contributed by atoms with Crippen molar-refractivity contribution in [3.05, 3.63) is 0 Å². The minimum Gasteiger partial charge on any atom is -0.481 e. The van der Waals surface area contributed by atoms with Crippen LogP contribution in [0.15, 0.2) is 0 Å². The second kappa shape index (κ2) is 3.69. The molecule has 0 saturated heterocycles. The number of hydrogen-bond donors (Lipinski definition) is 2. The third-order valence-electron chi connectivity index (χ3n) is 1.74. The highest BCUT2D eigenvalue weighted by Gasteiger charge is 2.35. The van der Waals surface area contributed by atoms with Crippen LogP contribution < -0.4 is 5.73 Å². The Balaban J connectivity index is 0.000001000. The first-order valence-electron chi connectivity index (χ1n) is 3.11. The summed E-state index contributed by atoms with van der Waals surface area (Å²) in [5.41, 5.74) is 5.37. The van der Waals surface area contributed by atoms with E-state index in [1.165, 1.54) is 0 Å². The van der Waals surface area contributed by atoms with E-state index >= 15 is 0 Å². The zero-order chi connectivity index (χ0) is 7.72. The van der Waals surface area contributed by atoms with E-state index in [9.17, 15) is 9.59 Å². The van der Waals surface area contributed by atoms with Gasteiger partial charge in [-0.15, -0.1) is 12.4 Å². The van der Waals surface area contributed by atoms with Gasteiger partial charge in [-0.3, -0.25) is 9.59 Å². The molecule has 0 amide bonds. The molecule has 0 heterocycles. The Labute approximate surface area is 70.2 Å². The summed E-state index contributed by atoms with van der Waals surface area (Å²) in [6.45, 7) is 0. The summed E-state index contributed by atoms with van der Waals surface area (Å²) in [5, 5.41) is 8.47. The fourth-order valence-electron chi connectivity index (χ4n) is 1.16. The molecule has 64 valence electrons. The van der Waals surface area contributed by atoms with Crippen LogP contribution in [0.1, 0.15) is 12.8 Å². The molecule has 3 N–H and O–H groups in total. The highest BCUT2D eigenvalue weighted by molar-refractivity contribution is 5.88. The van der Waals surface area contributed by atoms with Gasteiger partial charge in [0.05, 0.1) is 5.92 Å². The van der Waals surface area contributed by atoms with E-state index in [0.29, 0.717) is 0 Å². The second-order valence-corrected chi connectivity index (χ2v) is 2.56. The minimum atomic E-state index is -0.960. The Bertz CT molecular complexity index is 183. The number of hydrogen-bond acceptors (Lipinski definition) is 3. The average Bonchev–Trinajstić information content (AvgIpc) is 2.10. The Morgan fingerprint density at radius 1 is 1.55 bits per heavy atom. The Morgan fingerprint density at radius 2 is 2.09 bits per heavy atom. The summed E-state index contributed by atoms with van der Waals surface area (Å²) in [4.78, 5) is 21.0. The molecule has 0 bridgehead atoms. The maximum absolute atomic E-state index is 10.6. The molecular formula is C6H10ClNO3. The van der Waals surface area contributed by atoms with Gasteiger partial charge < -0.3 is 10.8 Å². The van der Waals surface area contributed by atoms with Crippen molar-refractivity contribution in [3.8, 4) is 0 Å². The molecule has 1 rings (SSSR count). The summed E-state index contributed by atoms with van der Waals surface area (Å²) in [7, 11) is 0. The molecule has 0 spiro atoms. The fraction of sp³-hybridized carbons (Fsp3) is 0.667. The molecule has 0 radical (unpaired) electrons. The van der Waals surface area contributed by atoms with Crippen molar-refractivity contribution >= 4 is 24.2 Å². The number of ketones is 1. The van der Waals surface area contributed by atoms with Gasteiger partial charge in [0.25, 0.3) is 0 Å². The predicted octanol–water partition coefficient (Wildman–Crippen LogP) is -0.201. The van der Waals surface area contributed by atoms with Gasteiger partial charge in [-0.05, 0) is 0 Å². The number of nitrogens with two attached hydrogens (primary N) is 1. The van der Waals surface area contributed by atoms with E-state index in [-0.39, 0.29) is 31.0 Å². The largest absolute Gasteiger partial charge is 0.481 e. The molecule has 0 aromatic carbocycles. The van der Waals surface area contributed by atoms with Crippen LogP contribution in [0.3, 0.4) is 0 Å². The van der Waals surface area contributed by atoms with Crippen molar-refractivity contribution in [1.29, 1.82) is 0 Å². The van der Waals surface area contributed by atoms with Crippen LogP contribution in [0.25, 0.3) is 0 Å². The van der Waals surface area contributed by atoms with E-state index in [2.05, 4.69) is 0 Å². The first-order valence-corrected chi connectivity index (χ1v) is 3.11. The fourth-order valence-corrected chi connectivity index (χ4v) is 1.16. The van der Waals surface area contributed by atoms with Gasteiger partial charge in [-0.25, -0.2) is 0 Å². The molecule has 2 unspecified atom stereocenters. The number of carboxylic acids is 1. The molecule has 0 aromatic rings. The van der Waals surface area contributed by atoms with Crippen LogP contribution in [0.5, 0.6) is 0 Å². The summed E-state index contributed by atoms with van der Waals surface area (Å²) in [6, 6.07) is -0.468. The first kappa shape index (κ1) is 10.4. The van der Waals surface area contributed by atoms with E-state index in [1.54, 1.807) is 0 Å². The van der Waals surface area contributed by atoms with Crippen LogP contribution in [0.4, 0.5) is 0 Å². The van der Waals surface area contributed by atoms with Crippen molar-refractivity contribution in [2.75, 3.05) is 0 Å². The van der Waals surface area contributed by atoms with Crippen molar-refractivity contribution in [3.63, 3.8) is 0 Å². The normalized spacial score (nSPS) is 29.7. The molecule has 1 aliphatic carbocycles. The number of rotatable bonds is 1. The zero-order valence-corrected chi connectivity index (χ0v) is 6.63. The zero-order valence-electron chi connectivity index (χ0n) is 5.82. The summed E-state index contributed by atoms with van der Waals surface area (Å²) < 4.78 is 0. The van der Waals surface area contributed by atoms with Crippen LogP contribution >= 0.6 is 12.4 Å². The van der Waals surface area contributed by atoms with Gasteiger partial charge >= 0.3 is 5.97 Å². The van der Waals surface area contributed by atoms with Crippen LogP contribution in [0.2, 0.25) is 0 Å². The quantitative estimate of drug-likeness (QED) is 0.584. The highest BCUT2D eigenvalue weighted by atomic mass is 35.5. The van der Waals surface area contributed by atoms with Crippen LogP contribution in [0, 0.1) is 5.92 Å². The summed E-state index contributed by atoms with van der Waals surface area (Å²) >= 11 is 0. The second-order valence-electron chi connectivity index (χ2n) is 2.56. The molecule has 2 atom stereocenters. The number of carbonyl (C=O) groups excluding carboxylic acids is 1. The van der Waals surface area contributed by atoms with Gasteiger partial charge in [-0.2, -0.15) is 0 Å². The number of carboxylic acid groups (broad SMARTS) is 1. The van der Waals surface area contributed by atoms with Crippen LogP contribution in [-0.2, 0) is 9.59 Å². The van der Waals surface area contributed by atoms with Crippen molar-refractivity contribution in [2.45, 2.75) is 18.9 Å². The van der Waals surface area contributed by atoms with Crippen molar-refractivity contribution in [1.82, 2.24) is 0 Å². The molecule has 4 nitrogen and oxygen atoms in total. The molecule has 1 fully saturated rings. The Kier molecular flexibility index (Phi) is 3.48. The first-order chi connectivity index (χ1) is 4.61. The lowest BCUT2D eigenvalue weighted by Crippen LogP contribution is -2.30. The molecule has 0 aliphatic heterocycles. The van der Waals surface area contributed by atoms with Gasteiger partial charge in [-0.1, -0.05) is 0 Å². The highest BCUT2D eigenvalue weighted by Crippen LogP contribution is 2.20. The lowest BCUT2D eigenvalue weighted by Gasteiger charge is -2.06. The third-order valence-corrected chi connectivity index (χ3v) is 1.74. The number of aliphatic carboxylic acids is 1. The van der Waals surface area contributed by atoms with Gasteiger partial charge in [0.15, 0.2) is 0 Å². The number of carbonyl (C=O) groups is 2. The maximum Gasteiger partial charge on any atom is 0.308 e. The predicted molar refractivity (Wildman–Crippen MR) is 40.6 cm³/mol. The van der Waals surface area contributed by atoms with Gasteiger partial charge in [0.1, 0.15) is 5.78 Å². The molecule has 5 heteroatoms. The minimum absolute atomic E-state index is 0. The molecule has 1 aliphatic rings. The standard InChI is InChI=1S/C6H9NO3.ClH/c7-5-2-3(8)1-4(5)6(9)10;/h4-5H,1-2,7H2,(H,9,10);1H. The van der Waals surface area contributed by atoms with Crippen molar-refractivity contribution in [2.24, 2.45) is 11.7 Å². The lowest BCUT2D eigenvalue weighted by atomic mass is 10.1. The smallest absolute Gasteiger partial charge is 0.308 e. The van der Waals surface area contributed by atoms with Crippen molar-refractivity contribution < 1.29 is 14.7 Å². The van der Waals surface area contributed by atoms with Gasteiger partial charge in [0, 0.05) is 18.9 Å². The average molecular weight is 180 g/mol. The molecule has 11 heavy (non-hydrogen) atoms. The van der Waals surface area contributed by atoms with E-state index < -0.39 is 17.9 Å². The summed E-state index contributed by atoms with van der Waals surface area (Å²) in [5.74, 6) is -1.65. The molecular weight excluding hydrogens is 170 g/mol. The van der Waals surface area contributed by atoms with E-state index in [0.717, 1.165) is 0 Å². The van der Waals surface area contributed by atoms with Gasteiger partial charge in [0.2, 0.25) is 0 Å². The Hall–Kier alpha value is -0.610. The maximum atomic E-state index is 10.6. The monoisotopic (exact) mass is 179 g/mol. The third kappa shape index (κ3) is 2.17. The van der Waals surface area contributed by atoms with E-state index in [1.807, 2.05) is 0 Å². The van der Waals surface area contributed by atoms with Crippen LogP contribution in [-0.4, -0.2) is 22.9 Å². The number of Topliss-reactive ketones (excluding diaryl/α,β-unsaturated/α-hetero) is 1. The lowest BCUT2D eigenvalue weighted by molar-refractivity contribution is -0.142. The topological polar surface area (TPSA) is 80.4 Å². The number of halogens is 1. The molecule has 0 aromatic heterocycles. The SMILES string of the molecule is Cl.NC1CC(=O)CC1C(=O)O. The summed E-state index contributed by atoms with van der Waals surface area (Å²) in [6.07, 6.45) is 0.327. The molecule has 1 saturated carbocycles. The Morgan fingerprint density at radius 3 is 2.27 bits per heavy atom.